The average Bonchev–Trinajstić information content (AvgIpc) is 2.76. The Morgan fingerprint density at radius 2 is 2.15 bits per heavy atom. The van der Waals surface area contributed by atoms with Gasteiger partial charge in [-0.2, -0.15) is 0 Å². The van der Waals surface area contributed by atoms with Crippen molar-refractivity contribution in [3.8, 4) is 0 Å². The van der Waals surface area contributed by atoms with Gasteiger partial charge < -0.3 is 5.73 Å². The van der Waals surface area contributed by atoms with Gasteiger partial charge in [0.15, 0.2) is 0 Å². The molecular formula is C12H21N. The molecule has 5 atom stereocenters. The van der Waals surface area contributed by atoms with E-state index in [0.717, 1.165) is 17.8 Å². The Kier molecular flexibility index (Phi) is 1.59. The van der Waals surface area contributed by atoms with Crippen molar-refractivity contribution in [3.63, 3.8) is 0 Å². The summed E-state index contributed by atoms with van der Waals surface area (Å²) in [5, 5.41) is 0. The van der Waals surface area contributed by atoms with Crippen LogP contribution in [0.15, 0.2) is 0 Å². The highest BCUT2D eigenvalue weighted by Gasteiger charge is 2.60. The van der Waals surface area contributed by atoms with Crippen LogP contribution in [0.1, 0.15) is 45.4 Å². The largest absolute Gasteiger partial charge is 0.327 e. The molecule has 2 N–H and O–H groups in total. The Balaban J connectivity index is 1.99. The second-order valence-corrected chi connectivity index (χ2v) is 5.67. The molecular weight excluding hydrogens is 158 g/mol. The average molecular weight is 179 g/mol. The van der Waals surface area contributed by atoms with Gasteiger partial charge in [-0.05, 0) is 62.2 Å². The molecule has 0 spiro atoms. The fourth-order valence-corrected chi connectivity index (χ4v) is 5.07. The summed E-state index contributed by atoms with van der Waals surface area (Å²) in [6, 6.07) is 0.454. The van der Waals surface area contributed by atoms with Crippen molar-refractivity contribution in [2.45, 2.75) is 51.5 Å². The van der Waals surface area contributed by atoms with Gasteiger partial charge in [-0.25, -0.2) is 0 Å². The summed E-state index contributed by atoms with van der Waals surface area (Å²) >= 11 is 0. The van der Waals surface area contributed by atoms with Crippen LogP contribution in [0.5, 0.6) is 0 Å². The van der Waals surface area contributed by atoms with Gasteiger partial charge in [0.2, 0.25) is 0 Å². The van der Waals surface area contributed by atoms with Gasteiger partial charge >= 0.3 is 0 Å². The Morgan fingerprint density at radius 3 is 2.85 bits per heavy atom. The second-order valence-electron chi connectivity index (χ2n) is 5.67. The van der Waals surface area contributed by atoms with Gasteiger partial charge in [-0.3, -0.25) is 0 Å². The smallest absolute Gasteiger partial charge is 0.00724 e. The van der Waals surface area contributed by atoms with Gasteiger partial charge in [0.1, 0.15) is 0 Å². The first-order valence-electron chi connectivity index (χ1n) is 6.00. The molecule has 3 fully saturated rings. The normalized spacial score (nSPS) is 55.4. The molecule has 0 amide bonds. The lowest BCUT2D eigenvalue weighted by molar-refractivity contribution is 0.0839. The molecule has 0 radical (unpaired) electrons. The zero-order valence-corrected chi connectivity index (χ0v) is 8.63. The number of nitrogens with two attached hydrogens (primary N) is 1. The summed E-state index contributed by atoms with van der Waals surface area (Å²) in [7, 11) is 0. The Labute approximate surface area is 81.1 Å². The van der Waals surface area contributed by atoms with Crippen molar-refractivity contribution in [2.75, 3.05) is 0 Å². The van der Waals surface area contributed by atoms with Crippen LogP contribution in [0, 0.1) is 23.2 Å². The third-order valence-corrected chi connectivity index (χ3v) is 5.47. The van der Waals surface area contributed by atoms with E-state index in [0.29, 0.717) is 11.5 Å². The number of fused-ring (bicyclic) bond motifs is 5. The lowest BCUT2D eigenvalue weighted by Crippen LogP contribution is -2.46. The van der Waals surface area contributed by atoms with E-state index in [9.17, 15) is 0 Å². The monoisotopic (exact) mass is 179 g/mol. The molecule has 2 bridgehead atoms. The molecule has 4 unspecified atom stereocenters. The molecule has 3 saturated carbocycles. The maximum atomic E-state index is 6.26. The summed E-state index contributed by atoms with van der Waals surface area (Å²) in [6.07, 6.45) is 8.91. The molecule has 13 heavy (non-hydrogen) atoms. The lowest BCUT2D eigenvalue weighted by Gasteiger charge is -2.43. The van der Waals surface area contributed by atoms with Crippen LogP contribution >= 0.6 is 0 Å². The predicted octanol–water partition coefficient (Wildman–Crippen LogP) is 2.55. The Hall–Kier alpha value is -0.0400. The van der Waals surface area contributed by atoms with Crippen molar-refractivity contribution in [1.82, 2.24) is 0 Å². The number of rotatable bonds is 1. The van der Waals surface area contributed by atoms with Gasteiger partial charge in [0, 0.05) is 6.04 Å². The summed E-state index contributed by atoms with van der Waals surface area (Å²) < 4.78 is 0. The second kappa shape index (κ2) is 2.50. The van der Waals surface area contributed by atoms with E-state index >= 15 is 0 Å². The van der Waals surface area contributed by atoms with Crippen LogP contribution < -0.4 is 5.73 Å². The molecule has 0 heterocycles. The summed E-state index contributed by atoms with van der Waals surface area (Å²) in [5.74, 6) is 3.09. The van der Waals surface area contributed by atoms with E-state index in [1.54, 1.807) is 0 Å². The molecule has 3 rings (SSSR count). The van der Waals surface area contributed by atoms with E-state index in [2.05, 4.69) is 6.92 Å². The van der Waals surface area contributed by atoms with Crippen LogP contribution in [-0.4, -0.2) is 6.04 Å². The summed E-state index contributed by atoms with van der Waals surface area (Å²) in [4.78, 5) is 0. The molecule has 1 heteroatoms. The third kappa shape index (κ3) is 0.823. The zero-order valence-electron chi connectivity index (χ0n) is 8.63. The highest BCUT2D eigenvalue weighted by atomic mass is 14.8. The van der Waals surface area contributed by atoms with E-state index in [-0.39, 0.29) is 0 Å². The van der Waals surface area contributed by atoms with Crippen molar-refractivity contribution >= 4 is 0 Å². The third-order valence-electron chi connectivity index (χ3n) is 5.47. The lowest BCUT2D eigenvalue weighted by atomic mass is 9.64. The zero-order chi connectivity index (χ0) is 9.05. The van der Waals surface area contributed by atoms with Crippen molar-refractivity contribution < 1.29 is 0 Å². The van der Waals surface area contributed by atoms with E-state index < -0.39 is 0 Å². The minimum absolute atomic E-state index is 0.454. The van der Waals surface area contributed by atoms with Crippen molar-refractivity contribution in [1.29, 1.82) is 0 Å². The predicted molar refractivity (Wildman–Crippen MR) is 54.3 cm³/mol. The maximum absolute atomic E-state index is 6.26. The maximum Gasteiger partial charge on any atom is 0.00724 e. The summed E-state index contributed by atoms with van der Waals surface area (Å²) in [6.45, 7) is 2.26. The van der Waals surface area contributed by atoms with Gasteiger partial charge in [-0.15, -0.1) is 0 Å². The molecule has 0 saturated heterocycles. The Bertz CT molecular complexity index is 223. The van der Waals surface area contributed by atoms with Crippen LogP contribution in [0.4, 0.5) is 0 Å². The van der Waals surface area contributed by atoms with Gasteiger partial charge in [-0.1, -0.05) is 6.42 Å². The SMILES string of the molecule is CC(N)[C@@]12CCCC1C1CCC2C1. The molecule has 0 aromatic heterocycles. The van der Waals surface area contributed by atoms with E-state index in [1.165, 1.54) is 38.5 Å². The van der Waals surface area contributed by atoms with E-state index in [1.807, 2.05) is 0 Å². The molecule has 0 aliphatic heterocycles. The van der Waals surface area contributed by atoms with Gasteiger partial charge in [0.25, 0.3) is 0 Å². The highest BCUT2D eigenvalue weighted by Crippen LogP contribution is 2.67. The van der Waals surface area contributed by atoms with Crippen LogP contribution in [-0.2, 0) is 0 Å². The molecule has 3 aliphatic rings. The van der Waals surface area contributed by atoms with Crippen LogP contribution in [0.3, 0.4) is 0 Å². The number of hydrogen-bond donors (Lipinski definition) is 1. The Morgan fingerprint density at radius 1 is 1.31 bits per heavy atom. The fourth-order valence-electron chi connectivity index (χ4n) is 5.07. The molecule has 74 valence electrons. The first-order valence-corrected chi connectivity index (χ1v) is 6.00. The molecule has 3 aliphatic carbocycles. The first kappa shape index (κ1) is 8.28. The highest BCUT2D eigenvalue weighted by molar-refractivity contribution is 5.11. The molecule has 0 aromatic carbocycles. The summed E-state index contributed by atoms with van der Waals surface area (Å²) in [5.41, 5.74) is 6.86. The minimum atomic E-state index is 0.454. The van der Waals surface area contributed by atoms with Crippen molar-refractivity contribution in [2.24, 2.45) is 28.9 Å². The fraction of sp³-hybridized carbons (Fsp3) is 1.00. The van der Waals surface area contributed by atoms with Crippen molar-refractivity contribution in [3.05, 3.63) is 0 Å². The van der Waals surface area contributed by atoms with Crippen LogP contribution in [0.2, 0.25) is 0 Å². The quantitative estimate of drug-likeness (QED) is 0.657. The molecule has 1 nitrogen and oxygen atoms in total. The topological polar surface area (TPSA) is 26.0 Å². The first-order chi connectivity index (χ1) is 6.25. The van der Waals surface area contributed by atoms with Gasteiger partial charge in [0.05, 0.1) is 0 Å². The minimum Gasteiger partial charge on any atom is -0.327 e. The van der Waals surface area contributed by atoms with Crippen LogP contribution in [0.25, 0.3) is 0 Å². The number of hydrogen-bond acceptors (Lipinski definition) is 1. The molecule has 0 aromatic rings. The standard InChI is InChI=1S/C12H21N/c1-8(13)12-6-2-3-11(12)9-4-5-10(12)7-9/h8-11H,2-7,13H2,1H3/t8?,9?,10?,11?,12-/m1/s1. The van der Waals surface area contributed by atoms with E-state index in [4.69, 9.17) is 5.73 Å².